The molecule has 0 bridgehead atoms. The van der Waals surface area contributed by atoms with Gasteiger partial charge in [0.15, 0.2) is 0 Å². The molecule has 1 aromatic rings. The first-order valence-corrected chi connectivity index (χ1v) is 6.45. The Kier molecular flexibility index (Phi) is 4.13. The third-order valence-corrected chi connectivity index (χ3v) is 3.61. The van der Waals surface area contributed by atoms with Gasteiger partial charge in [-0.3, -0.25) is 0 Å². The standard InChI is InChI=1S/C14H17F4N/c1-19-13(7-4-9-2-3-9)10-5-6-12(15)11(8-10)14(16,17)18/h5-6,8-9,13,19H,2-4,7H2,1H3. The molecule has 1 fully saturated rings. The van der Waals surface area contributed by atoms with Crippen LogP contribution < -0.4 is 5.32 Å². The molecular weight excluding hydrogens is 258 g/mol. The third-order valence-electron chi connectivity index (χ3n) is 3.61. The fourth-order valence-electron chi connectivity index (χ4n) is 2.26. The van der Waals surface area contributed by atoms with Crippen molar-refractivity contribution in [3.8, 4) is 0 Å². The van der Waals surface area contributed by atoms with Gasteiger partial charge in [0.05, 0.1) is 5.56 Å². The molecule has 1 saturated carbocycles. The van der Waals surface area contributed by atoms with Crippen LogP contribution in [0, 0.1) is 11.7 Å². The topological polar surface area (TPSA) is 12.0 Å². The Morgan fingerprint density at radius 2 is 2.00 bits per heavy atom. The summed E-state index contributed by atoms with van der Waals surface area (Å²) in [6.45, 7) is 0. The van der Waals surface area contributed by atoms with Crippen molar-refractivity contribution in [3.05, 3.63) is 35.1 Å². The first-order chi connectivity index (χ1) is 8.91. The van der Waals surface area contributed by atoms with Crippen LogP contribution in [0.15, 0.2) is 18.2 Å². The SMILES string of the molecule is CNC(CCC1CC1)c1ccc(F)c(C(F)(F)F)c1. The third kappa shape index (κ3) is 3.69. The van der Waals surface area contributed by atoms with Gasteiger partial charge in [-0.15, -0.1) is 0 Å². The summed E-state index contributed by atoms with van der Waals surface area (Å²) in [4.78, 5) is 0. The van der Waals surface area contributed by atoms with Crippen molar-refractivity contribution in [2.24, 2.45) is 5.92 Å². The average molecular weight is 275 g/mol. The smallest absolute Gasteiger partial charge is 0.313 e. The zero-order valence-electron chi connectivity index (χ0n) is 10.7. The van der Waals surface area contributed by atoms with Crippen LogP contribution in [-0.4, -0.2) is 7.05 Å². The second-order valence-electron chi connectivity index (χ2n) is 5.10. The number of hydrogen-bond acceptors (Lipinski definition) is 1. The lowest BCUT2D eigenvalue weighted by atomic mass is 9.98. The van der Waals surface area contributed by atoms with Crippen molar-refractivity contribution >= 4 is 0 Å². The molecular formula is C14H17F4N. The molecule has 0 aromatic heterocycles. The van der Waals surface area contributed by atoms with Crippen LogP contribution in [-0.2, 0) is 6.18 Å². The Labute approximate surface area is 110 Å². The van der Waals surface area contributed by atoms with E-state index in [1.165, 1.54) is 18.9 Å². The van der Waals surface area contributed by atoms with Crippen molar-refractivity contribution in [1.29, 1.82) is 0 Å². The van der Waals surface area contributed by atoms with E-state index in [0.717, 1.165) is 30.9 Å². The highest BCUT2D eigenvalue weighted by molar-refractivity contribution is 5.29. The fraction of sp³-hybridized carbons (Fsp3) is 0.571. The lowest BCUT2D eigenvalue weighted by molar-refractivity contribution is -0.140. The molecule has 5 heteroatoms. The van der Waals surface area contributed by atoms with Crippen LogP contribution in [0.1, 0.15) is 42.9 Å². The largest absolute Gasteiger partial charge is 0.419 e. The molecule has 0 spiro atoms. The highest BCUT2D eigenvalue weighted by Gasteiger charge is 2.34. The molecule has 106 valence electrons. The molecule has 2 rings (SSSR count). The van der Waals surface area contributed by atoms with Crippen LogP contribution in [0.3, 0.4) is 0 Å². The van der Waals surface area contributed by atoms with E-state index < -0.39 is 17.6 Å². The van der Waals surface area contributed by atoms with Gasteiger partial charge in [0.25, 0.3) is 0 Å². The van der Waals surface area contributed by atoms with Gasteiger partial charge in [-0.2, -0.15) is 13.2 Å². The summed E-state index contributed by atoms with van der Waals surface area (Å²) in [5.41, 5.74) is -0.687. The minimum atomic E-state index is -4.64. The van der Waals surface area contributed by atoms with Crippen molar-refractivity contribution < 1.29 is 17.6 Å². The van der Waals surface area contributed by atoms with Gasteiger partial charge in [-0.1, -0.05) is 18.9 Å². The lowest BCUT2D eigenvalue weighted by Gasteiger charge is -2.18. The second kappa shape index (κ2) is 5.49. The minimum absolute atomic E-state index is 0.151. The molecule has 19 heavy (non-hydrogen) atoms. The Bertz CT molecular complexity index is 438. The van der Waals surface area contributed by atoms with Crippen molar-refractivity contribution in [2.45, 2.75) is 37.9 Å². The van der Waals surface area contributed by atoms with Gasteiger partial charge < -0.3 is 5.32 Å². The van der Waals surface area contributed by atoms with E-state index in [1.54, 1.807) is 7.05 Å². The fourth-order valence-corrected chi connectivity index (χ4v) is 2.26. The number of halogens is 4. The number of rotatable bonds is 5. The van der Waals surface area contributed by atoms with Gasteiger partial charge in [0, 0.05) is 6.04 Å². The summed E-state index contributed by atoms with van der Waals surface area (Å²) in [6, 6.07) is 3.10. The van der Waals surface area contributed by atoms with Gasteiger partial charge >= 0.3 is 6.18 Å². The van der Waals surface area contributed by atoms with Gasteiger partial charge in [-0.25, -0.2) is 4.39 Å². The Hall–Kier alpha value is -1.10. The Balaban J connectivity index is 2.17. The first-order valence-electron chi connectivity index (χ1n) is 6.45. The minimum Gasteiger partial charge on any atom is -0.313 e. The molecule has 1 aromatic carbocycles. The van der Waals surface area contributed by atoms with Gasteiger partial charge in [-0.05, 0) is 43.5 Å². The molecule has 0 aliphatic heterocycles. The van der Waals surface area contributed by atoms with Crippen LogP contribution in [0.2, 0.25) is 0 Å². The number of hydrogen-bond donors (Lipinski definition) is 1. The van der Waals surface area contributed by atoms with Gasteiger partial charge in [0.1, 0.15) is 5.82 Å². The predicted molar refractivity (Wildman–Crippen MR) is 65.2 cm³/mol. The Morgan fingerprint density at radius 3 is 2.53 bits per heavy atom. The molecule has 1 nitrogen and oxygen atoms in total. The zero-order chi connectivity index (χ0) is 14.0. The van der Waals surface area contributed by atoms with Crippen LogP contribution in [0.4, 0.5) is 17.6 Å². The molecule has 1 aliphatic rings. The van der Waals surface area contributed by atoms with E-state index >= 15 is 0 Å². The normalized spacial score (nSPS) is 17.5. The molecule has 0 saturated heterocycles. The van der Waals surface area contributed by atoms with Crippen LogP contribution in [0.5, 0.6) is 0 Å². The van der Waals surface area contributed by atoms with Crippen molar-refractivity contribution in [3.63, 3.8) is 0 Å². The van der Waals surface area contributed by atoms with Crippen molar-refractivity contribution in [2.75, 3.05) is 7.05 Å². The molecule has 0 heterocycles. The Morgan fingerprint density at radius 1 is 1.32 bits per heavy atom. The maximum Gasteiger partial charge on any atom is 0.419 e. The molecule has 0 radical (unpaired) electrons. The summed E-state index contributed by atoms with van der Waals surface area (Å²) in [5, 5.41) is 3.01. The van der Waals surface area contributed by atoms with Gasteiger partial charge in [0.2, 0.25) is 0 Å². The second-order valence-corrected chi connectivity index (χ2v) is 5.10. The number of benzene rings is 1. The summed E-state index contributed by atoms with van der Waals surface area (Å²) >= 11 is 0. The monoisotopic (exact) mass is 275 g/mol. The summed E-state index contributed by atoms with van der Waals surface area (Å²) in [6.07, 6.45) is -0.426. The van der Waals surface area contributed by atoms with E-state index in [-0.39, 0.29) is 6.04 Å². The van der Waals surface area contributed by atoms with Crippen LogP contribution >= 0.6 is 0 Å². The maximum atomic E-state index is 13.2. The molecule has 1 unspecified atom stereocenters. The highest BCUT2D eigenvalue weighted by Crippen LogP contribution is 2.37. The van der Waals surface area contributed by atoms with E-state index in [9.17, 15) is 17.6 Å². The lowest BCUT2D eigenvalue weighted by Crippen LogP contribution is -2.18. The van der Waals surface area contributed by atoms with Crippen molar-refractivity contribution in [1.82, 2.24) is 5.32 Å². The zero-order valence-corrected chi connectivity index (χ0v) is 10.7. The quantitative estimate of drug-likeness (QED) is 0.790. The average Bonchev–Trinajstić information content (AvgIpc) is 3.14. The van der Waals surface area contributed by atoms with E-state index in [1.807, 2.05) is 0 Å². The van der Waals surface area contributed by atoms with E-state index in [0.29, 0.717) is 5.56 Å². The first kappa shape index (κ1) is 14.3. The summed E-state index contributed by atoms with van der Waals surface area (Å²) in [7, 11) is 1.72. The number of nitrogens with one attached hydrogen (secondary N) is 1. The van der Waals surface area contributed by atoms with E-state index in [4.69, 9.17) is 0 Å². The molecule has 1 N–H and O–H groups in total. The highest BCUT2D eigenvalue weighted by atomic mass is 19.4. The number of alkyl halides is 3. The summed E-state index contributed by atoms with van der Waals surface area (Å²) < 4.78 is 51.2. The van der Waals surface area contributed by atoms with E-state index in [2.05, 4.69) is 5.32 Å². The molecule has 0 amide bonds. The maximum absolute atomic E-state index is 13.2. The predicted octanol–water partition coefficient (Wildman–Crippen LogP) is 4.30. The molecule has 1 aliphatic carbocycles. The van der Waals surface area contributed by atoms with Crippen LogP contribution in [0.25, 0.3) is 0 Å². The molecule has 1 atom stereocenters. The summed E-state index contributed by atoms with van der Waals surface area (Å²) in [5.74, 6) is -0.494.